The smallest absolute Gasteiger partial charge is 0.246 e. The zero-order valence-electron chi connectivity index (χ0n) is 61.4. The molecule has 4 heterocycles. The number of hydrogen-bond acceptors (Lipinski definition) is 20. The van der Waals surface area contributed by atoms with Crippen LogP contribution in [-0.4, -0.2) is 230 Å². The SMILES string of the molecule is CC(=O)N[C@H]1CSSC[C@@H](C(=O)N[C@@H](CN)C(=O)N[C@@H](CC(C)C)C(=O)N[C@@H](CC(C)C)C(N)=O)NC(=O)[C@H](CC(C)C)NC(=O)[C@H](Cc2ccc(O)cc2)NC(=O)[C@H](CN)NC(=O)[C@@H]2CCCN2C(=O)[C@H](CC(C)C)NC(=O)[C@H](Cc2ccc(O)cc2)NC(=O)[C@@H]2CCCN2C(=O)[C@@H]2CCCN2C1=O. The van der Waals surface area contributed by atoms with Crippen molar-refractivity contribution < 1.29 is 77.3 Å². The number of nitrogens with zero attached hydrogens (tertiary/aromatic N) is 3. The second-order valence-electron chi connectivity index (χ2n) is 29.1. The second kappa shape index (κ2) is 40.7. The highest BCUT2D eigenvalue weighted by atomic mass is 33.1. The van der Waals surface area contributed by atoms with E-state index >= 15 is 0 Å². The highest BCUT2D eigenvalue weighted by Crippen LogP contribution is 2.30. The lowest BCUT2D eigenvalue weighted by molar-refractivity contribution is -0.147. The van der Waals surface area contributed by atoms with Crippen molar-refractivity contribution in [3.63, 3.8) is 0 Å². The molecule has 2 aromatic carbocycles. The number of phenols is 2. The number of benzene rings is 2. The average molecular weight is 1510 g/mol. The predicted molar refractivity (Wildman–Crippen MR) is 393 cm³/mol. The Morgan fingerprint density at radius 1 is 0.486 bits per heavy atom. The van der Waals surface area contributed by atoms with Crippen LogP contribution in [0.3, 0.4) is 0 Å². The zero-order valence-corrected chi connectivity index (χ0v) is 63.0. The maximum Gasteiger partial charge on any atom is 0.246 e. The summed E-state index contributed by atoms with van der Waals surface area (Å²) in [6.45, 7) is 14.8. The number of primary amides is 1. The Kier molecular flexibility index (Phi) is 33.0. The van der Waals surface area contributed by atoms with Crippen molar-refractivity contribution in [2.45, 2.75) is 218 Å². The normalized spacial score (nSPS) is 24.9. The van der Waals surface area contributed by atoms with Gasteiger partial charge in [-0.2, -0.15) is 0 Å². The van der Waals surface area contributed by atoms with Crippen molar-refractivity contribution in [3.8, 4) is 11.5 Å². The first-order chi connectivity index (χ1) is 49.7. The van der Waals surface area contributed by atoms with Crippen molar-refractivity contribution in [1.29, 1.82) is 0 Å². The summed E-state index contributed by atoms with van der Waals surface area (Å²) < 4.78 is 0. The molecule has 0 saturated carbocycles. The third-order valence-corrected chi connectivity index (χ3v) is 20.9. The molecule has 0 radical (unpaired) electrons. The van der Waals surface area contributed by atoms with Gasteiger partial charge in [-0.25, -0.2) is 0 Å². The molecule has 0 unspecified atom stereocenters. The molecule has 4 aliphatic rings. The Balaban J connectivity index is 1.40. The molecule has 18 N–H and O–H groups in total. The first kappa shape index (κ1) is 85.2. The third-order valence-electron chi connectivity index (χ3n) is 18.5. The van der Waals surface area contributed by atoms with Crippen LogP contribution in [-0.2, 0) is 80.0 Å². The van der Waals surface area contributed by atoms with Crippen molar-refractivity contribution in [2.75, 3.05) is 44.2 Å². The van der Waals surface area contributed by atoms with Crippen molar-refractivity contribution in [3.05, 3.63) is 59.7 Å². The van der Waals surface area contributed by atoms with E-state index in [4.69, 9.17) is 17.2 Å². The van der Waals surface area contributed by atoms with Gasteiger partial charge in [-0.3, -0.25) is 67.1 Å². The molecule has 4 aliphatic heterocycles. The Hall–Kier alpha value is -8.76. The number of fused-ring (bicyclic) bond motifs is 3. The summed E-state index contributed by atoms with van der Waals surface area (Å²) in [6.07, 6.45) is 1.47. The zero-order chi connectivity index (χ0) is 77.5. The van der Waals surface area contributed by atoms with Gasteiger partial charge in [0.05, 0.1) is 0 Å². The highest BCUT2D eigenvalue weighted by Gasteiger charge is 2.46. The largest absolute Gasteiger partial charge is 0.508 e. The molecular formula is C71H108N16O16S2. The fourth-order valence-corrected chi connectivity index (χ4v) is 15.5. The Labute approximate surface area is 620 Å². The van der Waals surface area contributed by atoms with Crippen molar-refractivity contribution in [2.24, 2.45) is 40.9 Å². The molecule has 32 nitrogen and oxygen atoms in total. The molecule has 2 aromatic rings. The van der Waals surface area contributed by atoms with Gasteiger partial charge in [0.2, 0.25) is 82.7 Å². The quantitative estimate of drug-likeness (QED) is 0.0610. The average Bonchev–Trinajstić information content (AvgIpc) is 1.71. The van der Waals surface area contributed by atoms with Gasteiger partial charge >= 0.3 is 0 Å². The number of nitrogens with two attached hydrogens (primary N) is 3. The monoisotopic (exact) mass is 1500 g/mol. The van der Waals surface area contributed by atoms with Crippen molar-refractivity contribution >= 4 is 104 Å². The molecule has 580 valence electrons. The van der Waals surface area contributed by atoms with E-state index in [0.717, 1.165) is 21.6 Å². The third kappa shape index (κ3) is 25.5. The first-order valence-electron chi connectivity index (χ1n) is 36.1. The fourth-order valence-electron chi connectivity index (χ4n) is 13.2. The van der Waals surface area contributed by atoms with E-state index in [1.54, 1.807) is 39.8 Å². The molecule has 0 bridgehead atoms. The lowest BCUT2D eigenvalue weighted by Gasteiger charge is -2.33. The van der Waals surface area contributed by atoms with E-state index in [1.165, 1.54) is 58.0 Å². The molecule has 34 heteroatoms. The van der Waals surface area contributed by atoms with Gasteiger partial charge in [-0.05, 0) is 123 Å². The minimum atomic E-state index is -1.59. The first-order valence-corrected chi connectivity index (χ1v) is 38.6. The molecule has 13 atom stereocenters. The van der Waals surface area contributed by atoms with Gasteiger partial charge in [-0.1, -0.05) is 101 Å². The molecule has 14 amide bonds. The highest BCUT2D eigenvalue weighted by molar-refractivity contribution is 8.76. The van der Waals surface area contributed by atoms with E-state index in [1.807, 2.05) is 27.7 Å². The molecule has 105 heavy (non-hydrogen) atoms. The topological polar surface area (TPSA) is 488 Å². The Morgan fingerprint density at radius 3 is 1.38 bits per heavy atom. The fraction of sp³-hybridized carbons (Fsp3) is 0.634. The van der Waals surface area contributed by atoms with Crippen LogP contribution in [0, 0.1) is 23.7 Å². The van der Waals surface area contributed by atoms with Gasteiger partial charge in [-0.15, -0.1) is 0 Å². The van der Waals surface area contributed by atoms with E-state index in [9.17, 15) is 77.3 Å². The van der Waals surface area contributed by atoms with Crippen LogP contribution in [0.15, 0.2) is 48.5 Å². The lowest BCUT2D eigenvalue weighted by Crippen LogP contribution is -2.62. The van der Waals surface area contributed by atoms with E-state index < -0.39 is 174 Å². The van der Waals surface area contributed by atoms with Crippen LogP contribution in [0.5, 0.6) is 11.5 Å². The molecule has 0 aromatic heterocycles. The number of rotatable bonds is 22. The molecule has 4 saturated heterocycles. The summed E-state index contributed by atoms with van der Waals surface area (Å²) in [6, 6.07) is -5.69. The molecule has 6 rings (SSSR count). The van der Waals surface area contributed by atoms with Crippen LogP contribution in [0.1, 0.15) is 138 Å². The summed E-state index contributed by atoms with van der Waals surface area (Å²) in [5, 5.41) is 47.4. The van der Waals surface area contributed by atoms with Gasteiger partial charge < -0.3 is 95.3 Å². The van der Waals surface area contributed by atoms with Crippen LogP contribution in [0.4, 0.5) is 0 Å². The maximum atomic E-state index is 15.0. The van der Waals surface area contributed by atoms with Crippen LogP contribution >= 0.6 is 21.6 Å². The van der Waals surface area contributed by atoms with Gasteiger partial charge in [0.15, 0.2) is 0 Å². The second-order valence-corrected chi connectivity index (χ2v) is 31.6. The molecular weight excluding hydrogens is 1400 g/mol. The standard InChI is InChI=1S/C71H108N16O16S2/c1-37(2)27-46(59(74)91)76-60(92)47(28-38(3)4)78-64(96)52(33-72)82-66(98)54-35-104-105-36-55(75-41(9)88)70(102)87-26-12-15-58(87)71(103)86-25-11-14-57(86)67(99)80-50(32-43-18-22-45(90)23-19-43)63(95)81-51(30-40(7)8)69(101)85-24-10-13-56(85)68(100)83-53(34-73)65(97)79-49(31-42-16-20-44(89)21-17-42)62(94)77-48(29-39(5)6)61(93)84-54/h16-23,37-40,46-58,89-90H,10-15,24-36,72-73H2,1-9H3,(H2,74,91)(H,75,88)(H,76,92)(H,77,94)(H,78,96)(H,79,97)(H,80,99)(H,81,95)(H,82,98)(H,83,100)(H,84,93)/t46-,47-,48-,49-,50-,51-,52-,53-,54-,55-,56-,57-,58-/m0/s1. The number of nitrogens with one attached hydrogen (secondary N) is 10. The van der Waals surface area contributed by atoms with Gasteiger partial charge in [0.1, 0.15) is 90.0 Å². The lowest BCUT2D eigenvalue weighted by atomic mass is 10.00. The molecule has 0 spiro atoms. The number of hydrogen-bond donors (Lipinski definition) is 15. The molecule has 4 fully saturated rings. The van der Waals surface area contributed by atoms with Crippen LogP contribution in [0.25, 0.3) is 0 Å². The van der Waals surface area contributed by atoms with Gasteiger partial charge in [0, 0.05) is 64.0 Å². The Bertz CT molecular complexity index is 3400. The number of amides is 14. The summed E-state index contributed by atoms with van der Waals surface area (Å²) >= 11 is 0. The van der Waals surface area contributed by atoms with Gasteiger partial charge in [0.25, 0.3) is 0 Å². The maximum absolute atomic E-state index is 15.0. The number of carbonyl (C=O) groups excluding carboxylic acids is 14. The summed E-state index contributed by atoms with van der Waals surface area (Å²) in [5.41, 5.74) is 18.9. The summed E-state index contributed by atoms with van der Waals surface area (Å²) in [4.78, 5) is 205. The number of aromatic hydroxyl groups is 2. The van der Waals surface area contributed by atoms with E-state index in [-0.39, 0.29) is 124 Å². The summed E-state index contributed by atoms with van der Waals surface area (Å²) in [5.74, 6) is -12.3. The number of phenolic OH excluding ortho intramolecular Hbond substituents is 2. The molecule has 0 aliphatic carbocycles. The minimum Gasteiger partial charge on any atom is -0.508 e. The van der Waals surface area contributed by atoms with Crippen molar-refractivity contribution in [1.82, 2.24) is 67.9 Å². The van der Waals surface area contributed by atoms with E-state index in [2.05, 4.69) is 53.2 Å². The van der Waals surface area contributed by atoms with Crippen LogP contribution in [0.2, 0.25) is 0 Å². The Morgan fingerprint density at radius 2 is 0.895 bits per heavy atom. The van der Waals surface area contributed by atoms with Crippen LogP contribution < -0.4 is 70.4 Å². The predicted octanol–water partition coefficient (Wildman–Crippen LogP) is -1.29. The summed E-state index contributed by atoms with van der Waals surface area (Å²) in [7, 11) is 1.97. The van der Waals surface area contributed by atoms with E-state index in [0.29, 0.717) is 30.4 Å². The number of carbonyl (C=O) groups is 14. The minimum absolute atomic E-state index is 0.0509.